The number of nitrogens with two attached hydrogens (primary N) is 1. The maximum Gasteiger partial charge on any atom is 0.263 e. The van der Waals surface area contributed by atoms with Gasteiger partial charge in [-0.3, -0.25) is 9.78 Å². The van der Waals surface area contributed by atoms with Crippen LogP contribution in [0.15, 0.2) is 24.5 Å². The van der Waals surface area contributed by atoms with E-state index >= 15 is 0 Å². The van der Waals surface area contributed by atoms with Crippen LogP contribution in [0.4, 0.5) is 5.13 Å². The first kappa shape index (κ1) is 11.5. The van der Waals surface area contributed by atoms with Gasteiger partial charge in [0, 0.05) is 18.9 Å². The number of rotatable bonds is 3. The molecular weight excluding hydrogens is 236 g/mol. The van der Waals surface area contributed by atoms with E-state index in [-0.39, 0.29) is 5.91 Å². The number of thiazole rings is 1. The Morgan fingerprint density at radius 3 is 2.76 bits per heavy atom. The van der Waals surface area contributed by atoms with E-state index in [0.29, 0.717) is 22.2 Å². The van der Waals surface area contributed by atoms with E-state index in [2.05, 4.69) is 15.3 Å². The number of anilines is 1. The second kappa shape index (κ2) is 4.92. The fraction of sp³-hybridized carbons (Fsp3) is 0.182. The molecule has 0 radical (unpaired) electrons. The van der Waals surface area contributed by atoms with Crippen molar-refractivity contribution in [2.24, 2.45) is 0 Å². The maximum atomic E-state index is 11.8. The summed E-state index contributed by atoms with van der Waals surface area (Å²) in [5, 5.41) is 3.23. The van der Waals surface area contributed by atoms with Gasteiger partial charge in [-0.15, -0.1) is 0 Å². The standard InChI is InChI=1S/C11H12N4OS/c1-7-9(17-11(12)15-7)10(16)14-6-8-2-4-13-5-3-8/h2-5H,6H2,1H3,(H2,12,15)(H,14,16). The first-order valence-corrected chi connectivity index (χ1v) is 5.88. The third-order valence-corrected chi connectivity index (χ3v) is 3.21. The molecule has 0 unspecified atom stereocenters. The third kappa shape index (κ3) is 2.79. The molecule has 0 aliphatic heterocycles. The summed E-state index contributed by atoms with van der Waals surface area (Å²) in [6, 6.07) is 3.71. The molecule has 88 valence electrons. The molecule has 0 spiro atoms. The van der Waals surface area contributed by atoms with E-state index in [1.54, 1.807) is 19.3 Å². The van der Waals surface area contributed by atoms with Crippen LogP contribution < -0.4 is 11.1 Å². The number of amides is 1. The number of nitrogen functional groups attached to an aromatic ring is 1. The SMILES string of the molecule is Cc1nc(N)sc1C(=O)NCc1ccncc1. The Bertz CT molecular complexity index is 524. The highest BCUT2D eigenvalue weighted by Crippen LogP contribution is 2.19. The first-order valence-electron chi connectivity index (χ1n) is 5.07. The minimum Gasteiger partial charge on any atom is -0.375 e. The predicted octanol–water partition coefficient (Wildman–Crippen LogP) is 1.36. The lowest BCUT2D eigenvalue weighted by molar-refractivity contribution is 0.0954. The molecule has 0 atom stereocenters. The van der Waals surface area contributed by atoms with Crippen LogP contribution in [0.5, 0.6) is 0 Å². The molecule has 0 fully saturated rings. The Morgan fingerprint density at radius 2 is 2.18 bits per heavy atom. The van der Waals surface area contributed by atoms with E-state index in [1.165, 1.54) is 11.3 Å². The zero-order chi connectivity index (χ0) is 12.3. The summed E-state index contributed by atoms with van der Waals surface area (Å²) in [5.41, 5.74) is 7.21. The molecule has 3 N–H and O–H groups in total. The highest BCUT2D eigenvalue weighted by atomic mass is 32.1. The van der Waals surface area contributed by atoms with Gasteiger partial charge >= 0.3 is 0 Å². The van der Waals surface area contributed by atoms with Crippen molar-refractivity contribution < 1.29 is 4.79 Å². The first-order chi connectivity index (χ1) is 8.16. The Kier molecular flexibility index (Phi) is 3.34. The molecule has 0 aliphatic rings. The summed E-state index contributed by atoms with van der Waals surface area (Å²) in [6.45, 7) is 2.24. The number of pyridine rings is 1. The fourth-order valence-electron chi connectivity index (χ4n) is 1.39. The van der Waals surface area contributed by atoms with Crippen molar-refractivity contribution >= 4 is 22.4 Å². The largest absolute Gasteiger partial charge is 0.375 e. The molecule has 1 amide bonds. The number of nitrogens with zero attached hydrogens (tertiary/aromatic N) is 2. The van der Waals surface area contributed by atoms with E-state index in [1.807, 2.05) is 12.1 Å². The topological polar surface area (TPSA) is 80.9 Å². The van der Waals surface area contributed by atoms with Crippen molar-refractivity contribution in [1.82, 2.24) is 15.3 Å². The minimum absolute atomic E-state index is 0.145. The van der Waals surface area contributed by atoms with Gasteiger partial charge in [0.1, 0.15) is 4.88 Å². The van der Waals surface area contributed by atoms with Crippen LogP contribution in [0.25, 0.3) is 0 Å². The normalized spacial score (nSPS) is 10.2. The van der Waals surface area contributed by atoms with Gasteiger partial charge in [0.25, 0.3) is 5.91 Å². The van der Waals surface area contributed by atoms with Gasteiger partial charge in [0.05, 0.1) is 5.69 Å². The van der Waals surface area contributed by atoms with Crippen molar-refractivity contribution in [3.8, 4) is 0 Å². The maximum absolute atomic E-state index is 11.8. The summed E-state index contributed by atoms with van der Waals surface area (Å²) >= 11 is 1.20. The third-order valence-electron chi connectivity index (χ3n) is 2.22. The zero-order valence-electron chi connectivity index (χ0n) is 9.30. The molecule has 6 heteroatoms. The summed E-state index contributed by atoms with van der Waals surface area (Å²) in [4.78, 5) is 20.3. The second-order valence-electron chi connectivity index (χ2n) is 3.50. The van der Waals surface area contributed by atoms with Crippen molar-refractivity contribution in [2.75, 3.05) is 5.73 Å². The lowest BCUT2D eigenvalue weighted by Crippen LogP contribution is -2.22. The van der Waals surface area contributed by atoms with E-state index in [9.17, 15) is 4.79 Å². The van der Waals surface area contributed by atoms with Gasteiger partial charge in [-0.2, -0.15) is 0 Å². The van der Waals surface area contributed by atoms with Gasteiger partial charge < -0.3 is 11.1 Å². The smallest absolute Gasteiger partial charge is 0.263 e. The zero-order valence-corrected chi connectivity index (χ0v) is 10.1. The van der Waals surface area contributed by atoms with Crippen LogP contribution in [-0.4, -0.2) is 15.9 Å². The Hall–Kier alpha value is -1.95. The van der Waals surface area contributed by atoms with Crippen molar-refractivity contribution in [2.45, 2.75) is 13.5 Å². The molecule has 0 saturated carbocycles. The Balaban J connectivity index is 2.01. The lowest BCUT2D eigenvalue weighted by atomic mass is 10.2. The summed E-state index contributed by atoms with van der Waals surface area (Å²) in [7, 11) is 0. The van der Waals surface area contributed by atoms with Crippen LogP contribution >= 0.6 is 11.3 Å². The number of aryl methyl sites for hydroxylation is 1. The van der Waals surface area contributed by atoms with Crippen LogP contribution in [0, 0.1) is 6.92 Å². The van der Waals surface area contributed by atoms with Gasteiger partial charge in [-0.05, 0) is 24.6 Å². The number of nitrogens with one attached hydrogen (secondary N) is 1. The summed E-state index contributed by atoms with van der Waals surface area (Å²) < 4.78 is 0. The number of carbonyl (C=O) groups is 1. The molecule has 2 rings (SSSR count). The molecule has 5 nitrogen and oxygen atoms in total. The number of carbonyl (C=O) groups excluding carboxylic acids is 1. The quantitative estimate of drug-likeness (QED) is 0.859. The van der Waals surface area contributed by atoms with E-state index in [4.69, 9.17) is 5.73 Å². The highest BCUT2D eigenvalue weighted by Gasteiger charge is 2.13. The molecule has 2 aromatic heterocycles. The van der Waals surface area contributed by atoms with Gasteiger partial charge in [-0.1, -0.05) is 11.3 Å². The Morgan fingerprint density at radius 1 is 1.47 bits per heavy atom. The monoisotopic (exact) mass is 248 g/mol. The van der Waals surface area contributed by atoms with Crippen molar-refractivity contribution in [3.63, 3.8) is 0 Å². The minimum atomic E-state index is -0.145. The molecular formula is C11H12N4OS. The molecule has 0 aromatic carbocycles. The second-order valence-corrected chi connectivity index (χ2v) is 4.54. The average Bonchev–Trinajstić information content (AvgIpc) is 2.67. The van der Waals surface area contributed by atoms with Gasteiger partial charge in [0.2, 0.25) is 0 Å². The number of hydrogen-bond acceptors (Lipinski definition) is 5. The highest BCUT2D eigenvalue weighted by molar-refractivity contribution is 7.17. The van der Waals surface area contributed by atoms with Crippen molar-refractivity contribution in [3.05, 3.63) is 40.7 Å². The number of aromatic nitrogens is 2. The average molecular weight is 248 g/mol. The molecule has 17 heavy (non-hydrogen) atoms. The van der Waals surface area contributed by atoms with Gasteiger partial charge in [-0.25, -0.2) is 4.98 Å². The molecule has 0 aliphatic carbocycles. The van der Waals surface area contributed by atoms with Crippen LogP contribution in [0.3, 0.4) is 0 Å². The number of hydrogen-bond donors (Lipinski definition) is 2. The molecule has 2 heterocycles. The predicted molar refractivity (Wildman–Crippen MR) is 66.7 cm³/mol. The van der Waals surface area contributed by atoms with E-state index in [0.717, 1.165) is 5.56 Å². The molecule has 0 bridgehead atoms. The van der Waals surface area contributed by atoms with Crippen molar-refractivity contribution in [1.29, 1.82) is 0 Å². The van der Waals surface area contributed by atoms with Crippen LogP contribution in [-0.2, 0) is 6.54 Å². The molecule has 2 aromatic rings. The fourth-order valence-corrected chi connectivity index (χ4v) is 2.14. The van der Waals surface area contributed by atoms with E-state index < -0.39 is 0 Å². The molecule has 0 saturated heterocycles. The summed E-state index contributed by atoms with van der Waals surface area (Å²) in [6.07, 6.45) is 3.38. The Labute approximate surface area is 103 Å². The van der Waals surface area contributed by atoms with Crippen LogP contribution in [0.1, 0.15) is 20.9 Å². The lowest BCUT2D eigenvalue weighted by Gasteiger charge is -2.03. The van der Waals surface area contributed by atoms with Gasteiger partial charge in [0.15, 0.2) is 5.13 Å². The summed E-state index contributed by atoms with van der Waals surface area (Å²) in [5.74, 6) is -0.145. The van der Waals surface area contributed by atoms with Crippen LogP contribution in [0.2, 0.25) is 0 Å².